The van der Waals surface area contributed by atoms with Crippen molar-refractivity contribution in [3.63, 3.8) is 0 Å². The lowest BCUT2D eigenvalue weighted by atomic mass is 10.1. The third-order valence-corrected chi connectivity index (χ3v) is 3.27. The van der Waals surface area contributed by atoms with Crippen molar-refractivity contribution < 1.29 is 4.74 Å². The topological polar surface area (TPSA) is 59.1 Å². The maximum absolute atomic E-state index is 5.56. The molecule has 5 heteroatoms. The lowest BCUT2D eigenvalue weighted by molar-refractivity contribution is 0.127. The van der Waals surface area contributed by atoms with Crippen LogP contribution < -0.4 is 10.6 Å². The summed E-state index contributed by atoms with van der Waals surface area (Å²) in [5.74, 6) is 2.29. The first-order valence-electron chi connectivity index (χ1n) is 7.14. The number of rotatable bonds is 5. The van der Waals surface area contributed by atoms with Gasteiger partial charge in [-0.2, -0.15) is 0 Å². The van der Waals surface area contributed by atoms with Crippen molar-refractivity contribution in [2.45, 2.75) is 26.7 Å². The van der Waals surface area contributed by atoms with E-state index in [-0.39, 0.29) is 0 Å². The molecule has 1 atom stereocenters. The van der Waals surface area contributed by atoms with Crippen LogP contribution in [0.4, 0.5) is 5.82 Å². The summed E-state index contributed by atoms with van der Waals surface area (Å²) in [6.45, 7) is 8.56. The first kappa shape index (κ1) is 14.2. The maximum Gasteiger partial charge on any atom is 0.132 e. The SMILES string of the molecule is CCCc1cnc(C)nc1NCC1CNCCOC1. The molecular formula is C14H24N4O. The fourth-order valence-electron chi connectivity index (χ4n) is 2.23. The van der Waals surface area contributed by atoms with Crippen LogP contribution in [0.25, 0.3) is 0 Å². The average Bonchev–Trinajstić information content (AvgIpc) is 2.68. The van der Waals surface area contributed by atoms with Crippen molar-refractivity contribution >= 4 is 5.82 Å². The Hall–Kier alpha value is -1.20. The Labute approximate surface area is 115 Å². The first-order chi connectivity index (χ1) is 9.29. The van der Waals surface area contributed by atoms with Gasteiger partial charge in [0, 0.05) is 37.3 Å². The second-order valence-corrected chi connectivity index (χ2v) is 5.07. The smallest absolute Gasteiger partial charge is 0.132 e. The van der Waals surface area contributed by atoms with E-state index in [1.165, 1.54) is 5.56 Å². The summed E-state index contributed by atoms with van der Waals surface area (Å²) in [4.78, 5) is 8.80. The second-order valence-electron chi connectivity index (χ2n) is 5.07. The fraction of sp³-hybridized carbons (Fsp3) is 0.714. The third kappa shape index (κ3) is 4.44. The van der Waals surface area contributed by atoms with Crippen LogP contribution in [0.2, 0.25) is 0 Å². The van der Waals surface area contributed by atoms with Crippen LogP contribution >= 0.6 is 0 Å². The number of ether oxygens (including phenoxy) is 1. The highest BCUT2D eigenvalue weighted by Crippen LogP contribution is 2.14. The number of nitrogens with one attached hydrogen (secondary N) is 2. The Bertz CT molecular complexity index is 389. The zero-order valence-corrected chi connectivity index (χ0v) is 11.9. The van der Waals surface area contributed by atoms with Crippen LogP contribution in [-0.4, -0.2) is 42.8 Å². The van der Waals surface area contributed by atoms with Gasteiger partial charge in [0.25, 0.3) is 0 Å². The van der Waals surface area contributed by atoms with E-state index in [1.807, 2.05) is 13.1 Å². The minimum atomic E-state index is 0.493. The lowest BCUT2D eigenvalue weighted by Gasteiger charge is -2.17. The summed E-state index contributed by atoms with van der Waals surface area (Å²) in [6.07, 6.45) is 4.06. The third-order valence-electron chi connectivity index (χ3n) is 3.27. The molecule has 0 radical (unpaired) electrons. The van der Waals surface area contributed by atoms with Gasteiger partial charge in [-0.1, -0.05) is 13.3 Å². The Morgan fingerprint density at radius 2 is 2.42 bits per heavy atom. The summed E-state index contributed by atoms with van der Waals surface area (Å²) in [7, 11) is 0. The molecule has 1 aromatic rings. The molecule has 19 heavy (non-hydrogen) atoms. The predicted octanol–water partition coefficient (Wildman–Crippen LogP) is 1.39. The highest BCUT2D eigenvalue weighted by Gasteiger charge is 2.13. The van der Waals surface area contributed by atoms with Crippen LogP contribution in [0.5, 0.6) is 0 Å². The Morgan fingerprint density at radius 1 is 1.53 bits per heavy atom. The van der Waals surface area contributed by atoms with Gasteiger partial charge in [0.05, 0.1) is 13.2 Å². The summed E-state index contributed by atoms with van der Waals surface area (Å²) in [5, 5.41) is 6.85. The minimum absolute atomic E-state index is 0.493. The monoisotopic (exact) mass is 264 g/mol. The number of aryl methyl sites for hydroxylation is 2. The summed E-state index contributed by atoms with van der Waals surface area (Å²) >= 11 is 0. The van der Waals surface area contributed by atoms with E-state index in [1.54, 1.807) is 0 Å². The molecule has 1 aliphatic heterocycles. The summed E-state index contributed by atoms with van der Waals surface area (Å²) in [5.41, 5.74) is 1.20. The van der Waals surface area contributed by atoms with E-state index in [0.29, 0.717) is 5.92 Å². The molecule has 0 saturated carbocycles. The van der Waals surface area contributed by atoms with Gasteiger partial charge in [-0.25, -0.2) is 9.97 Å². The molecular weight excluding hydrogens is 240 g/mol. The molecule has 5 nitrogen and oxygen atoms in total. The van der Waals surface area contributed by atoms with Gasteiger partial charge < -0.3 is 15.4 Å². The summed E-state index contributed by atoms with van der Waals surface area (Å²) < 4.78 is 5.56. The molecule has 0 amide bonds. The number of anilines is 1. The van der Waals surface area contributed by atoms with Gasteiger partial charge >= 0.3 is 0 Å². The second kappa shape index (κ2) is 7.40. The predicted molar refractivity (Wildman–Crippen MR) is 76.4 cm³/mol. The Morgan fingerprint density at radius 3 is 3.26 bits per heavy atom. The molecule has 1 aromatic heterocycles. The van der Waals surface area contributed by atoms with E-state index in [9.17, 15) is 0 Å². The molecule has 0 spiro atoms. The highest BCUT2D eigenvalue weighted by atomic mass is 16.5. The number of nitrogens with zero attached hydrogens (tertiary/aromatic N) is 2. The van der Waals surface area contributed by atoms with Gasteiger partial charge in [0.2, 0.25) is 0 Å². The van der Waals surface area contributed by atoms with Gasteiger partial charge in [-0.3, -0.25) is 0 Å². The van der Waals surface area contributed by atoms with Crippen molar-refractivity contribution in [1.29, 1.82) is 0 Å². The molecule has 1 fully saturated rings. The molecule has 1 saturated heterocycles. The zero-order valence-electron chi connectivity index (χ0n) is 11.9. The maximum atomic E-state index is 5.56. The van der Waals surface area contributed by atoms with Crippen LogP contribution in [0.1, 0.15) is 24.7 Å². The van der Waals surface area contributed by atoms with Gasteiger partial charge in [-0.15, -0.1) is 0 Å². The van der Waals surface area contributed by atoms with E-state index in [2.05, 4.69) is 27.5 Å². The average molecular weight is 264 g/mol. The molecule has 1 unspecified atom stereocenters. The standard InChI is InChI=1S/C14H24N4O/c1-3-4-13-9-16-11(2)18-14(13)17-8-12-7-15-5-6-19-10-12/h9,12,15H,3-8,10H2,1-2H3,(H,16,17,18). The van der Waals surface area contributed by atoms with E-state index >= 15 is 0 Å². The van der Waals surface area contributed by atoms with Crippen LogP contribution in [0.3, 0.4) is 0 Å². The van der Waals surface area contributed by atoms with Crippen molar-refractivity contribution in [3.05, 3.63) is 17.6 Å². The molecule has 0 aliphatic carbocycles. The van der Waals surface area contributed by atoms with Gasteiger partial charge in [0.15, 0.2) is 0 Å². The zero-order chi connectivity index (χ0) is 13.5. The molecule has 0 bridgehead atoms. The number of aromatic nitrogens is 2. The van der Waals surface area contributed by atoms with Crippen molar-refractivity contribution in [1.82, 2.24) is 15.3 Å². The lowest BCUT2D eigenvalue weighted by Crippen LogP contribution is -2.28. The van der Waals surface area contributed by atoms with Crippen molar-refractivity contribution in [2.75, 3.05) is 38.2 Å². The fourth-order valence-corrected chi connectivity index (χ4v) is 2.23. The molecule has 2 N–H and O–H groups in total. The van der Waals surface area contributed by atoms with E-state index in [0.717, 1.165) is 57.3 Å². The van der Waals surface area contributed by atoms with Crippen LogP contribution in [0.15, 0.2) is 6.20 Å². The van der Waals surface area contributed by atoms with E-state index in [4.69, 9.17) is 4.74 Å². The van der Waals surface area contributed by atoms with E-state index < -0.39 is 0 Å². The summed E-state index contributed by atoms with van der Waals surface area (Å²) in [6, 6.07) is 0. The Kier molecular flexibility index (Phi) is 5.54. The quantitative estimate of drug-likeness (QED) is 0.841. The van der Waals surface area contributed by atoms with Crippen molar-refractivity contribution in [2.24, 2.45) is 5.92 Å². The highest BCUT2D eigenvalue weighted by molar-refractivity contribution is 5.43. The van der Waals surface area contributed by atoms with Crippen LogP contribution in [0, 0.1) is 12.8 Å². The molecule has 0 aromatic carbocycles. The number of hydrogen-bond acceptors (Lipinski definition) is 5. The molecule has 2 heterocycles. The molecule has 1 aliphatic rings. The first-order valence-corrected chi connectivity index (χ1v) is 7.14. The molecule has 106 valence electrons. The number of hydrogen-bond donors (Lipinski definition) is 2. The van der Waals surface area contributed by atoms with Crippen molar-refractivity contribution in [3.8, 4) is 0 Å². The normalized spacial score (nSPS) is 20.0. The molecule has 2 rings (SSSR count). The minimum Gasteiger partial charge on any atom is -0.380 e. The Balaban J connectivity index is 1.95. The largest absolute Gasteiger partial charge is 0.380 e. The van der Waals surface area contributed by atoms with Crippen LogP contribution in [-0.2, 0) is 11.2 Å². The van der Waals surface area contributed by atoms with Gasteiger partial charge in [0.1, 0.15) is 11.6 Å². The van der Waals surface area contributed by atoms with Gasteiger partial charge in [-0.05, 0) is 13.3 Å².